The van der Waals surface area contributed by atoms with E-state index in [4.69, 9.17) is 9.57 Å². The second-order valence-electron chi connectivity index (χ2n) is 6.38. The number of hydrogen-bond acceptors (Lipinski definition) is 6. The van der Waals surface area contributed by atoms with Gasteiger partial charge in [-0.15, -0.1) is 0 Å². The van der Waals surface area contributed by atoms with Gasteiger partial charge in [0.1, 0.15) is 0 Å². The summed E-state index contributed by atoms with van der Waals surface area (Å²) < 4.78 is 5.93. The van der Waals surface area contributed by atoms with Gasteiger partial charge in [-0.25, -0.2) is 15.0 Å². The fourth-order valence-corrected chi connectivity index (χ4v) is 3.86. The molecule has 0 spiro atoms. The Kier molecular flexibility index (Phi) is 4.13. The molecular formula is C16H22N4O3. The van der Waals surface area contributed by atoms with Gasteiger partial charge in [-0.1, -0.05) is 0 Å². The van der Waals surface area contributed by atoms with Crippen LogP contribution in [0.3, 0.4) is 0 Å². The van der Waals surface area contributed by atoms with Crippen molar-refractivity contribution in [2.45, 2.75) is 25.4 Å². The summed E-state index contributed by atoms with van der Waals surface area (Å²) in [6.07, 6.45) is 6.27. The van der Waals surface area contributed by atoms with E-state index in [0.717, 1.165) is 38.3 Å². The average Bonchev–Trinajstić information content (AvgIpc) is 3.15. The minimum Gasteiger partial charge on any atom is -0.378 e. The zero-order valence-corrected chi connectivity index (χ0v) is 13.1. The van der Waals surface area contributed by atoms with Crippen molar-refractivity contribution in [1.82, 2.24) is 15.0 Å². The number of anilines is 1. The Labute approximate surface area is 135 Å². The molecule has 4 rings (SSSR count). The monoisotopic (exact) mass is 318 g/mol. The molecule has 0 N–H and O–H groups in total. The molecule has 0 radical (unpaired) electrons. The molecule has 0 unspecified atom stereocenters. The molecule has 0 aliphatic carbocycles. The summed E-state index contributed by atoms with van der Waals surface area (Å²) in [5, 5.41) is 1.56. The molecule has 0 aromatic carbocycles. The first-order valence-corrected chi connectivity index (χ1v) is 8.41. The highest BCUT2D eigenvalue weighted by Gasteiger charge is 2.44. The summed E-state index contributed by atoms with van der Waals surface area (Å²) in [6.45, 7) is 3.64. The van der Waals surface area contributed by atoms with E-state index in [2.05, 4.69) is 14.9 Å². The molecule has 4 heterocycles. The Morgan fingerprint density at radius 2 is 2.04 bits per heavy atom. The van der Waals surface area contributed by atoms with Gasteiger partial charge in [-0.3, -0.25) is 9.63 Å². The molecule has 1 amide bonds. The van der Waals surface area contributed by atoms with Crippen molar-refractivity contribution >= 4 is 11.9 Å². The van der Waals surface area contributed by atoms with Crippen LogP contribution in [0.25, 0.3) is 0 Å². The van der Waals surface area contributed by atoms with Gasteiger partial charge in [0.15, 0.2) is 0 Å². The molecule has 0 saturated carbocycles. The number of hydrogen-bond donors (Lipinski definition) is 0. The van der Waals surface area contributed by atoms with Gasteiger partial charge >= 0.3 is 0 Å². The first kappa shape index (κ1) is 14.8. The van der Waals surface area contributed by atoms with Gasteiger partial charge in [0, 0.05) is 43.9 Å². The fraction of sp³-hybridized carbons (Fsp3) is 0.688. The maximum atomic E-state index is 12.8. The minimum atomic E-state index is -0.0293. The summed E-state index contributed by atoms with van der Waals surface area (Å²) in [7, 11) is 0. The number of hydroxylamine groups is 2. The van der Waals surface area contributed by atoms with Crippen LogP contribution in [0.15, 0.2) is 18.5 Å². The van der Waals surface area contributed by atoms with E-state index in [1.54, 1.807) is 17.5 Å². The van der Waals surface area contributed by atoms with Crippen LogP contribution in [0, 0.1) is 11.8 Å². The van der Waals surface area contributed by atoms with Crippen LogP contribution in [0.2, 0.25) is 0 Å². The van der Waals surface area contributed by atoms with E-state index in [1.165, 1.54) is 0 Å². The summed E-state index contributed by atoms with van der Waals surface area (Å²) in [5.41, 5.74) is 0. The molecule has 3 saturated heterocycles. The highest BCUT2D eigenvalue weighted by atomic mass is 16.7. The lowest BCUT2D eigenvalue weighted by atomic mass is 9.79. The lowest BCUT2D eigenvalue weighted by Crippen LogP contribution is -2.54. The maximum Gasteiger partial charge on any atom is 0.249 e. The van der Waals surface area contributed by atoms with Crippen molar-refractivity contribution in [3.8, 4) is 0 Å². The molecule has 7 heteroatoms. The maximum absolute atomic E-state index is 12.8. The highest BCUT2D eigenvalue weighted by molar-refractivity contribution is 5.78. The summed E-state index contributed by atoms with van der Waals surface area (Å²) in [4.78, 5) is 29.1. The standard InChI is InChI=1S/C16H22N4O3/c21-15(20-7-2-9-23-20)12-4-10-22-14-3-8-19(11-13(12)14)16-17-5-1-6-18-16/h1,5-6,12-14H,2-4,7-11H2/t12-,13-,14-/m1/s1. The van der Waals surface area contributed by atoms with E-state index in [0.29, 0.717) is 19.8 Å². The lowest BCUT2D eigenvalue weighted by molar-refractivity contribution is -0.182. The Bertz CT molecular complexity index is 550. The van der Waals surface area contributed by atoms with Crippen LogP contribution in [0.1, 0.15) is 19.3 Å². The third kappa shape index (κ3) is 2.90. The van der Waals surface area contributed by atoms with Gasteiger partial charge in [0.25, 0.3) is 0 Å². The zero-order valence-electron chi connectivity index (χ0n) is 13.1. The number of aromatic nitrogens is 2. The first-order valence-electron chi connectivity index (χ1n) is 8.41. The lowest BCUT2D eigenvalue weighted by Gasteiger charge is -2.44. The fourth-order valence-electron chi connectivity index (χ4n) is 3.86. The van der Waals surface area contributed by atoms with E-state index in [-0.39, 0.29) is 23.8 Å². The quantitative estimate of drug-likeness (QED) is 0.806. The molecule has 3 aliphatic rings. The predicted molar refractivity (Wildman–Crippen MR) is 82.5 cm³/mol. The number of fused-ring (bicyclic) bond motifs is 1. The second-order valence-corrected chi connectivity index (χ2v) is 6.38. The van der Waals surface area contributed by atoms with Crippen molar-refractivity contribution in [2.75, 3.05) is 37.7 Å². The number of ether oxygens (including phenoxy) is 1. The van der Waals surface area contributed by atoms with Crippen LogP contribution in [0.4, 0.5) is 5.95 Å². The number of carbonyl (C=O) groups is 1. The van der Waals surface area contributed by atoms with Gasteiger partial charge in [-0.05, 0) is 25.3 Å². The average molecular weight is 318 g/mol. The zero-order chi connectivity index (χ0) is 15.6. The Morgan fingerprint density at radius 3 is 2.83 bits per heavy atom. The smallest absolute Gasteiger partial charge is 0.249 e. The van der Waals surface area contributed by atoms with Crippen molar-refractivity contribution < 1.29 is 14.4 Å². The SMILES string of the molecule is O=C([C@@H]1CCO[C@@H]2CCN(c3ncccn3)C[C@@H]21)N1CCCO1. The molecule has 3 fully saturated rings. The minimum absolute atomic E-state index is 0.0293. The van der Waals surface area contributed by atoms with Crippen LogP contribution in [-0.4, -0.2) is 59.9 Å². The van der Waals surface area contributed by atoms with Crippen LogP contribution in [-0.2, 0) is 14.4 Å². The molecule has 124 valence electrons. The molecule has 1 aromatic heterocycles. The number of amides is 1. The third-order valence-electron chi connectivity index (χ3n) is 5.02. The molecule has 23 heavy (non-hydrogen) atoms. The van der Waals surface area contributed by atoms with E-state index < -0.39 is 0 Å². The Balaban J connectivity index is 1.51. The number of piperidine rings is 1. The molecule has 7 nitrogen and oxygen atoms in total. The number of carbonyl (C=O) groups excluding carboxylic acids is 1. The topological polar surface area (TPSA) is 67.8 Å². The van der Waals surface area contributed by atoms with Gasteiger partial charge < -0.3 is 9.64 Å². The van der Waals surface area contributed by atoms with Gasteiger partial charge in [0.05, 0.1) is 19.3 Å². The molecule has 1 aromatic rings. The number of nitrogens with zero attached hydrogens (tertiary/aromatic N) is 4. The molecule has 3 aliphatic heterocycles. The van der Waals surface area contributed by atoms with Crippen LogP contribution in [0.5, 0.6) is 0 Å². The summed E-state index contributed by atoms with van der Waals surface area (Å²) in [5.74, 6) is 1.01. The van der Waals surface area contributed by atoms with Crippen LogP contribution >= 0.6 is 0 Å². The first-order chi connectivity index (χ1) is 11.3. The Morgan fingerprint density at radius 1 is 1.17 bits per heavy atom. The van der Waals surface area contributed by atoms with Crippen molar-refractivity contribution in [3.05, 3.63) is 18.5 Å². The van der Waals surface area contributed by atoms with Crippen molar-refractivity contribution in [1.29, 1.82) is 0 Å². The largest absolute Gasteiger partial charge is 0.378 e. The molecule has 3 atom stereocenters. The highest BCUT2D eigenvalue weighted by Crippen LogP contribution is 2.35. The van der Waals surface area contributed by atoms with Gasteiger partial charge in [-0.2, -0.15) is 0 Å². The van der Waals surface area contributed by atoms with Crippen molar-refractivity contribution in [3.63, 3.8) is 0 Å². The van der Waals surface area contributed by atoms with Gasteiger partial charge in [0.2, 0.25) is 11.9 Å². The third-order valence-corrected chi connectivity index (χ3v) is 5.02. The summed E-state index contributed by atoms with van der Waals surface area (Å²) in [6, 6.07) is 1.82. The molecule has 0 bridgehead atoms. The van der Waals surface area contributed by atoms with Crippen LogP contribution < -0.4 is 4.90 Å². The summed E-state index contributed by atoms with van der Waals surface area (Å²) >= 11 is 0. The van der Waals surface area contributed by atoms with E-state index in [9.17, 15) is 4.79 Å². The number of rotatable bonds is 2. The molecular weight excluding hydrogens is 296 g/mol. The normalized spacial score (nSPS) is 31.0. The van der Waals surface area contributed by atoms with Crippen molar-refractivity contribution in [2.24, 2.45) is 11.8 Å². The second kappa shape index (κ2) is 6.41. The predicted octanol–water partition coefficient (Wildman–Crippen LogP) is 0.872. The van der Waals surface area contributed by atoms with E-state index >= 15 is 0 Å². The van der Waals surface area contributed by atoms with E-state index in [1.807, 2.05) is 6.07 Å². The Hall–Kier alpha value is -1.73.